The quantitative estimate of drug-likeness (QED) is 0.325. The second-order valence-corrected chi connectivity index (χ2v) is 5.88. The molecule has 0 bridgehead atoms. The van der Waals surface area contributed by atoms with E-state index in [1.165, 1.54) is 11.6 Å². The van der Waals surface area contributed by atoms with Crippen molar-refractivity contribution in [2.24, 2.45) is 4.99 Å². The van der Waals surface area contributed by atoms with E-state index in [-0.39, 0.29) is 29.8 Å². The molecule has 2 N–H and O–H groups in total. The molecule has 142 valence electrons. The van der Waals surface area contributed by atoms with Crippen molar-refractivity contribution in [1.82, 2.24) is 15.6 Å². The van der Waals surface area contributed by atoms with E-state index in [1.54, 1.807) is 31.5 Å². The highest BCUT2D eigenvalue weighted by Gasteiger charge is 2.08. The third kappa shape index (κ3) is 5.78. The minimum Gasteiger partial charge on any atom is -0.444 e. The standard InChI is InChI=1S/C20H21FN4O.HI/c1-14-7-9-15(10-8-14)19-25-17(13-26-19)12-24-20(22-2)23-11-16-5-3-4-6-18(16)21;/h3-10,13H,11-12H2,1-2H3,(H2,22,23,24);1H. The fourth-order valence-electron chi connectivity index (χ4n) is 2.43. The highest BCUT2D eigenvalue weighted by Crippen LogP contribution is 2.19. The van der Waals surface area contributed by atoms with Crippen molar-refractivity contribution in [1.29, 1.82) is 0 Å². The lowest BCUT2D eigenvalue weighted by atomic mass is 10.1. The average Bonchev–Trinajstić information content (AvgIpc) is 3.13. The Bertz CT molecular complexity index is 893. The van der Waals surface area contributed by atoms with Gasteiger partial charge >= 0.3 is 0 Å². The Hall–Kier alpha value is -2.42. The van der Waals surface area contributed by atoms with Crippen LogP contribution in [0.3, 0.4) is 0 Å². The Balaban J connectivity index is 0.00000261. The number of aromatic nitrogens is 1. The van der Waals surface area contributed by atoms with Crippen LogP contribution in [0.5, 0.6) is 0 Å². The lowest BCUT2D eigenvalue weighted by Gasteiger charge is -2.11. The zero-order chi connectivity index (χ0) is 18.4. The normalized spacial score (nSPS) is 11.0. The summed E-state index contributed by atoms with van der Waals surface area (Å²) in [5, 5.41) is 6.23. The fourth-order valence-corrected chi connectivity index (χ4v) is 2.43. The third-order valence-electron chi connectivity index (χ3n) is 3.91. The number of guanidine groups is 1. The molecule has 27 heavy (non-hydrogen) atoms. The molecular formula is C20H22FIN4O. The largest absolute Gasteiger partial charge is 0.444 e. The van der Waals surface area contributed by atoms with Crippen molar-refractivity contribution in [3.63, 3.8) is 0 Å². The smallest absolute Gasteiger partial charge is 0.226 e. The Morgan fingerprint density at radius 1 is 1.07 bits per heavy atom. The van der Waals surface area contributed by atoms with Crippen LogP contribution < -0.4 is 10.6 Å². The maximum atomic E-state index is 13.7. The summed E-state index contributed by atoms with van der Waals surface area (Å²) >= 11 is 0. The number of halogens is 2. The molecule has 0 aliphatic heterocycles. The maximum absolute atomic E-state index is 13.7. The van der Waals surface area contributed by atoms with E-state index in [2.05, 4.69) is 20.6 Å². The predicted octanol–water partition coefficient (Wildman–Crippen LogP) is 4.27. The van der Waals surface area contributed by atoms with Crippen LogP contribution in [0.1, 0.15) is 16.8 Å². The van der Waals surface area contributed by atoms with Crippen LogP contribution in [0.15, 0.2) is 64.2 Å². The molecule has 5 nitrogen and oxygen atoms in total. The predicted molar refractivity (Wildman–Crippen MR) is 116 cm³/mol. The highest BCUT2D eigenvalue weighted by atomic mass is 127. The van der Waals surface area contributed by atoms with Gasteiger partial charge in [0.2, 0.25) is 5.89 Å². The van der Waals surface area contributed by atoms with E-state index < -0.39 is 0 Å². The van der Waals surface area contributed by atoms with Gasteiger partial charge in [-0.3, -0.25) is 4.99 Å². The Kier molecular flexibility index (Phi) is 7.78. The number of hydrogen-bond acceptors (Lipinski definition) is 3. The minimum atomic E-state index is -0.241. The van der Waals surface area contributed by atoms with E-state index in [0.717, 1.165) is 11.3 Å². The summed E-state index contributed by atoms with van der Waals surface area (Å²) in [5.41, 5.74) is 3.46. The van der Waals surface area contributed by atoms with Crippen molar-refractivity contribution >= 4 is 29.9 Å². The van der Waals surface area contributed by atoms with E-state index in [1.807, 2.05) is 31.2 Å². The topological polar surface area (TPSA) is 62.5 Å². The lowest BCUT2D eigenvalue weighted by Crippen LogP contribution is -2.36. The van der Waals surface area contributed by atoms with Gasteiger partial charge in [-0.2, -0.15) is 0 Å². The maximum Gasteiger partial charge on any atom is 0.226 e. The number of hydrogen-bond donors (Lipinski definition) is 2. The molecule has 0 amide bonds. The molecule has 0 spiro atoms. The van der Waals surface area contributed by atoms with Crippen molar-refractivity contribution < 1.29 is 8.81 Å². The summed E-state index contributed by atoms with van der Waals surface area (Å²) < 4.78 is 19.2. The van der Waals surface area contributed by atoms with Gasteiger partial charge in [-0.25, -0.2) is 9.37 Å². The molecule has 2 aromatic carbocycles. The average molecular weight is 480 g/mol. The second-order valence-electron chi connectivity index (χ2n) is 5.88. The van der Waals surface area contributed by atoms with E-state index >= 15 is 0 Å². The van der Waals surface area contributed by atoms with Crippen LogP contribution >= 0.6 is 24.0 Å². The number of aryl methyl sites for hydroxylation is 1. The molecule has 0 unspecified atom stereocenters. The van der Waals surface area contributed by atoms with Gasteiger partial charge in [-0.05, 0) is 25.1 Å². The number of nitrogens with one attached hydrogen (secondary N) is 2. The molecule has 0 radical (unpaired) electrons. The Morgan fingerprint density at radius 2 is 1.78 bits per heavy atom. The summed E-state index contributed by atoms with van der Waals surface area (Å²) in [6, 6.07) is 14.6. The molecule has 0 saturated carbocycles. The van der Waals surface area contributed by atoms with Gasteiger partial charge in [0.25, 0.3) is 0 Å². The SMILES string of the molecule is CN=C(NCc1coc(-c2ccc(C)cc2)n1)NCc1ccccc1F.I. The van der Waals surface area contributed by atoms with E-state index in [9.17, 15) is 4.39 Å². The van der Waals surface area contributed by atoms with Crippen LogP contribution in [0.25, 0.3) is 11.5 Å². The molecule has 7 heteroatoms. The number of nitrogens with zero attached hydrogens (tertiary/aromatic N) is 2. The third-order valence-corrected chi connectivity index (χ3v) is 3.91. The Labute approximate surface area is 175 Å². The number of oxazole rings is 1. The van der Waals surface area contributed by atoms with Crippen molar-refractivity contribution in [3.05, 3.63) is 77.4 Å². The van der Waals surface area contributed by atoms with Crippen LogP contribution in [0.2, 0.25) is 0 Å². The van der Waals surface area contributed by atoms with Crippen molar-refractivity contribution in [2.45, 2.75) is 20.0 Å². The number of aliphatic imine (C=N–C) groups is 1. The summed E-state index contributed by atoms with van der Waals surface area (Å²) in [4.78, 5) is 8.61. The van der Waals surface area contributed by atoms with Gasteiger partial charge in [-0.1, -0.05) is 35.9 Å². The van der Waals surface area contributed by atoms with Crippen LogP contribution in [-0.2, 0) is 13.1 Å². The van der Waals surface area contributed by atoms with Crippen molar-refractivity contribution in [3.8, 4) is 11.5 Å². The summed E-state index contributed by atoms with van der Waals surface area (Å²) in [7, 11) is 1.66. The molecule has 0 aliphatic carbocycles. The summed E-state index contributed by atoms with van der Waals surface area (Å²) in [5.74, 6) is 0.902. The molecule has 1 heterocycles. The first-order chi connectivity index (χ1) is 12.7. The molecule has 0 aliphatic rings. The zero-order valence-corrected chi connectivity index (χ0v) is 17.5. The highest BCUT2D eigenvalue weighted by molar-refractivity contribution is 14.0. The van der Waals surface area contributed by atoms with Gasteiger partial charge in [-0.15, -0.1) is 24.0 Å². The molecule has 0 fully saturated rings. The first-order valence-corrected chi connectivity index (χ1v) is 8.35. The van der Waals surface area contributed by atoms with Gasteiger partial charge < -0.3 is 15.1 Å². The second kappa shape index (κ2) is 10.1. The number of benzene rings is 2. The molecule has 0 saturated heterocycles. The first kappa shape index (κ1) is 20.9. The molecule has 3 rings (SSSR count). The minimum absolute atomic E-state index is 0. The van der Waals surface area contributed by atoms with E-state index in [4.69, 9.17) is 4.42 Å². The molecular weight excluding hydrogens is 458 g/mol. The zero-order valence-electron chi connectivity index (χ0n) is 15.2. The van der Waals surface area contributed by atoms with Gasteiger partial charge in [0.1, 0.15) is 12.1 Å². The monoisotopic (exact) mass is 480 g/mol. The Morgan fingerprint density at radius 3 is 2.48 bits per heavy atom. The summed E-state index contributed by atoms with van der Waals surface area (Å²) in [6.45, 7) is 2.83. The van der Waals surface area contributed by atoms with Crippen molar-refractivity contribution in [2.75, 3.05) is 7.05 Å². The molecule has 1 aromatic heterocycles. The summed E-state index contributed by atoms with van der Waals surface area (Å²) in [6.07, 6.45) is 1.62. The van der Waals surface area contributed by atoms with Gasteiger partial charge in [0.05, 0.1) is 12.2 Å². The van der Waals surface area contributed by atoms with Crippen LogP contribution in [0.4, 0.5) is 4.39 Å². The van der Waals surface area contributed by atoms with Crippen LogP contribution in [0, 0.1) is 12.7 Å². The number of rotatable bonds is 5. The molecule has 0 atom stereocenters. The van der Waals surface area contributed by atoms with Gasteiger partial charge in [0.15, 0.2) is 5.96 Å². The first-order valence-electron chi connectivity index (χ1n) is 8.35. The van der Waals surface area contributed by atoms with E-state index in [0.29, 0.717) is 30.5 Å². The van der Waals surface area contributed by atoms with Gasteiger partial charge in [0, 0.05) is 24.7 Å². The lowest BCUT2D eigenvalue weighted by molar-refractivity contribution is 0.572. The van der Waals surface area contributed by atoms with Crippen LogP contribution in [-0.4, -0.2) is 18.0 Å². The fraction of sp³-hybridized carbons (Fsp3) is 0.200. The molecule has 3 aromatic rings.